The van der Waals surface area contributed by atoms with Crippen molar-refractivity contribution >= 4 is 15.7 Å². The third kappa shape index (κ3) is 3.45. The second-order valence-electron chi connectivity index (χ2n) is 5.01. The average molecular weight is 276 g/mol. The predicted octanol–water partition coefficient (Wildman–Crippen LogP) is 0.540. The fourth-order valence-corrected chi connectivity index (χ4v) is 3.85. The summed E-state index contributed by atoms with van der Waals surface area (Å²) >= 11 is 0. The summed E-state index contributed by atoms with van der Waals surface area (Å²) in [5, 5.41) is -1.50. The molecule has 0 aromatic rings. The molecule has 6 heteroatoms. The number of hydrogen-bond donors (Lipinski definition) is 1. The molecule has 1 saturated heterocycles. The molecule has 1 amide bonds. The van der Waals surface area contributed by atoms with Gasteiger partial charge in [0.2, 0.25) is 5.91 Å². The van der Waals surface area contributed by atoms with Crippen LogP contribution in [-0.2, 0) is 14.6 Å². The number of nitrogens with zero attached hydrogens (tertiary/aromatic N) is 1. The Morgan fingerprint density at radius 3 is 2.28 bits per heavy atom. The van der Waals surface area contributed by atoms with Crippen molar-refractivity contribution in [1.82, 2.24) is 4.90 Å². The third-order valence-electron chi connectivity index (χ3n) is 3.64. The number of carbonyl (C=O) groups is 1. The second kappa shape index (κ2) is 6.52. The zero-order valence-electron chi connectivity index (χ0n) is 11.3. The minimum absolute atomic E-state index is 0.251. The van der Waals surface area contributed by atoms with E-state index in [-0.39, 0.29) is 5.91 Å². The van der Waals surface area contributed by atoms with Crippen LogP contribution in [0.3, 0.4) is 0 Å². The van der Waals surface area contributed by atoms with Crippen molar-refractivity contribution in [1.29, 1.82) is 0 Å². The zero-order valence-corrected chi connectivity index (χ0v) is 12.1. The van der Waals surface area contributed by atoms with Crippen molar-refractivity contribution in [3.8, 4) is 0 Å². The van der Waals surface area contributed by atoms with E-state index in [0.717, 1.165) is 19.3 Å². The largest absolute Gasteiger partial charge is 0.342 e. The molecule has 1 heterocycles. The average Bonchev–Trinajstić information content (AvgIpc) is 2.38. The van der Waals surface area contributed by atoms with Crippen molar-refractivity contribution < 1.29 is 13.2 Å². The summed E-state index contributed by atoms with van der Waals surface area (Å²) in [6, 6.07) is 0. The van der Waals surface area contributed by atoms with Crippen LogP contribution in [0.1, 0.15) is 39.5 Å². The van der Waals surface area contributed by atoms with E-state index >= 15 is 0 Å². The number of sulfone groups is 1. The lowest BCUT2D eigenvalue weighted by molar-refractivity contribution is -0.131. The van der Waals surface area contributed by atoms with Crippen LogP contribution in [0.25, 0.3) is 0 Å². The van der Waals surface area contributed by atoms with Crippen LogP contribution in [0, 0.1) is 0 Å². The van der Waals surface area contributed by atoms with Crippen molar-refractivity contribution in [2.24, 2.45) is 5.73 Å². The first-order valence-corrected chi connectivity index (χ1v) is 8.23. The van der Waals surface area contributed by atoms with Crippen molar-refractivity contribution in [3.63, 3.8) is 0 Å². The molecule has 0 radical (unpaired) electrons. The lowest BCUT2D eigenvalue weighted by Gasteiger charge is -2.30. The lowest BCUT2D eigenvalue weighted by Crippen LogP contribution is -2.46. The highest BCUT2D eigenvalue weighted by atomic mass is 32.2. The van der Waals surface area contributed by atoms with Gasteiger partial charge in [-0.25, -0.2) is 8.42 Å². The van der Waals surface area contributed by atoms with Crippen molar-refractivity contribution in [2.75, 3.05) is 19.6 Å². The van der Waals surface area contributed by atoms with Crippen LogP contribution in [0.5, 0.6) is 0 Å². The van der Waals surface area contributed by atoms with Gasteiger partial charge < -0.3 is 10.6 Å². The Balaban J connectivity index is 2.72. The lowest BCUT2D eigenvalue weighted by atomic mass is 10.1. The highest BCUT2D eigenvalue weighted by molar-refractivity contribution is 7.93. The standard InChI is InChI=1S/C12H24N2O3S/c1-10(6-7-13)18(16,17)11(2)12(15)14-8-4-3-5-9-14/h10-11H,3-9,13H2,1-2H3. The number of piperidine rings is 1. The summed E-state index contributed by atoms with van der Waals surface area (Å²) in [6.45, 7) is 4.82. The fourth-order valence-electron chi connectivity index (χ4n) is 2.26. The van der Waals surface area contributed by atoms with E-state index in [1.165, 1.54) is 6.92 Å². The van der Waals surface area contributed by atoms with Gasteiger partial charge in [-0.2, -0.15) is 0 Å². The highest BCUT2D eigenvalue weighted by Gasteiger charge is 2.35. The zero-order chi connectivity index (χ0) is 13.8. The molecule has 2 atom stereocenters. The highest BCUT2D eigenvalue weighted by Crippen LogP contribution is 2.17. The van der Waals surface area contributed by atoms with E-state index in [9.17, 15) is 13.2 Å². The van der Waals surface area contributed by atoms with Gasteiger partial charge >= 0.3 is 0 Å². The number of amides is 1. The Morgan fingerprint density at radius 2 is 1.78 bits per heavy atom. The quantitative estimate of drug-likeness (QED) is 0.794. The van der Waals surface area contributed by atoms with Gasteiger partial charge in [0.05, 0.1) is 5.25 Å². The summed E-state index contributed by atoms with van der Waals surface area (Å²) in [5.41, 5.74) is 5.39. The number of rotatable bonds is 5. The number of carbonyl (C=O) groups excluding carboxylic acids is 1. The monoisotopic (exact) mass is 276 g/mol. The van der Waals surface area contributed by atoms with Crippen LogP contribution < -0.4 is 5.73 Å². The summed E-state index contributed by atoms with van der Waals surface area (Å²) in [5.74, 6) is -0.251. The minimum atomic E-state index is -3.42. The van der Waals surface area contributed by atoms with E-state index in [4.69, 9.17) is 5.73 Å². The van der Waals surface area contributed by atoms with Crippen LogP contribution in [0.4, 0.5) is 0 Å². The number of nitrogens with two attached hydrogens (primary N) is 1. The molecule has 1 fully saturated rings. The molecule has 2 unspecified atom stereocenters. The number of hydrogen-bond acceptors (Lipinski definition) is 4. The Kier molecular flexibility index (Phi) is 5.59. The second-order valence-corrected chi connectivity index (χ2v) is 7.70. The van der Waals surface area contributed by atoms with E-state index in [0.29, 0.717) is 26.1 Å². The maximum atomic E-state index is 12.2. The Hall–Kier alpha value is -0.620. The molecule has 2 N–H and O–H groups in total. The molecule has 1 aliphatic rings. The molecule has 106 valence electrons. The molecule has 1 aliphatic heterocycles. The fraction of sp³-hybridized carbons (Fsp3) is 0.917. The normalized spacial score (nSPS) is 20.5. The molecule has 0 aromatic heterocycles. The summed E-state index contributed by atoms with van der Waals surface area (Å²) < 4.78 is 24.4. The van der Waals surface area contributed by atoms with Crippen molar-refractivity contribution in [3.05, 3.63) is 0 Å². The Morgan fingerprint density at radius 1 is 1.22 bits per heavy atom. The van der Waals surface area contributed by atoms with Crippen LogP contribution >= 0.6 is 0 Å². The smallest absolute Gasteiger partial charge is 0.240 e. The Bertz CT molecular complexity index is 375. The van der Waals surface area contributed by atoms with Gasteiger partial charge in [0, 0.05) is 13.1 Å². The van der Waals surface area contributed by atoms with Gasteiger partial charge in [-0.05, 0) is 46.1 Å². The summed E-state index contributed by atoms with van der Waals surface area (Å²) in [7, 11) is -3.42. The van der Waals surface area contributed by atoms with Gasteiger partial charge in [-0.3, -0.25) is 4.79 Å². The maximum absolute atomic E-state index is 12.2. The first kappa shape index (κ1) is 15.4. The molecule has 0 aromatic carbocycles. The summed E-state index contributed by atoms with van der Waals surface area (Å²) in [4.78, 5) is 13.9. The first-order chi connectivity index (χ1) is 8.41. The van der Waals surface area contributed by atoms with Gasteiger partial charge in [0.1, 0.15) is 5.25 Å². The molecule has 0 saturated carbocycles. The SMILES string of the molecule is CC(CCN)S(=O)(=O)C(C)C(=O)N1CCCCC1. The topological polar surface area (TPSA) is 80.5 Å². The van der Waals surface area contributed by atoms with Gasteiger partial charge in [0.15, 0.2) is 9.84 Å². The predicted molar refractivity (Wildman–Crippen MR) is 71.9 cm³/mol. The molecule has 0 spiro atoms. The van der Waals surface area contributed by atoms with Gasteiger partial charge in [-0.1, -0.05) is 0 Å². The first-order valence-electron chi connectivity index (χ1n) is 6.62. The van der Waals surface area contributed by atoms with E-state index in [1.54, 1.807) is 11.8 Å². The molecule has 18 heavy (non-hydrogen) atoms. The molecular weight excluding hydrogens is 252 g/mol. The van der Waals surface area contributed by atoms with E-state index < -0.39 is 20.3 Å². The molecular formula is C12H24N2O3S. The van der Waals surface area contributed by atoms with E-state index in [1.807, 2.05) is 0 Å². The van der Waals surface area contributed by atoms with Crippen LogP contribution in [-0.4, -0.2) is 49.4 Å². The Labute approximate surface area is 110 Å². The van der Waals surface area contributed by atoms with E-state index in [2.05, 4.69) is 0 Å². The van der Waals surface area contributed by atoms with Gasteiger partial charge in [0.25, 0.3) is 0 Å². The number of likely N-dealkylation sites (tertiary alicyclic amines) is 1. The molecule has 0 bridgehead atoms. The third-order valence-corrected chi connectivity index (χ3v) is 6.19. The summed E-state index contributed by atoms with van der Waals surface area (Å²) in [6.07, 6.45) is 3.46. The molecule has 5 nitrogen and oxygen atoms in total. The van der Waals surface area contributed by atoms with Crippen molar-refractivity contribution in [2.45, 2.75) is 50.0 Å². The van der Waals surface area contributed by atoms with Crippen LogP contribution in [0.2, 0.25) is 0 Å². The van der Waals surface area contributed by atoms with Crippen LogP contribution in [0.15, 0.2) is 0 Å². The minimum Gasteiger partial charge on any atom is -0.342 e. The molecule has 1 rings (SSSR count). The molecule has 0 aliphatic carbocycles. The maximum Gasteiger partial charge on any atom is 0.240 e. The van der Waals surface area contributed by atoms with Gasteiger partial charge in [-0.15, -0.1) is 0 Å².